The lowest BCUT2D eigenvalue weighted by Gasteiger charge is -2.15. The number of hydrogen-bond acceptors (Lipinski definition) is 3. The Balaban J connectivity index is 1.39. The number of nitrogens with zero attached hydrogens (tertiary/aromatic N) is 3. The van der Waals surface area contributed by atoms with Crippen molar-refractivity contribution < 1.29 is 4.79 Å². The minimum absolute atomic E-state index is 0.144. The molecule has 0 unspecified atom stereocenters. The Hall–Kier alpha value is -2.92. The van der Waals surface area contributed by atoms with E-state index >= 15 is 0 Å². The third-order valence-corrected chi connectivity index (χ3v) is 4.53. The van der Waals surface area contributed by atoms with E-state index in [9.17, 15) is 4.79 Å². The molecule has 126 valence electrons. The van der Waals surface area contributed by atoms with Gasteiger partial charge < -0.3 is 0 Å². The van der Waals surface area contributed by atoms with Gasteiger partial charge in [-0.1, -0.05) is 48.5 Å². The first-order chi connectivity index (χ1) is 12.3. The Bertz CT molecular complexity index is 858. The van der Waals surface area contributed by atoms with Crippen molar-refractivity contribution in [1.29, 1.82) is 0 Å². The summed E-state index contributed by atoms with van der Waals surface area (Å²) in [6.07, 6.45) is 2.87. The topological polar surface area (TPSA) is 50.2 Å². The average Bonchev–Trinajstić information content (AvgIpc) is 3.23. The molecule has 0 spiro atoms. The number of carbonyl (C=O) groups is 1. The normalized spacial score (nSPS) is 13.6. The van der Waals surface area contributed by atoms with Crippen LogP contribution in [0.3, 0.4) is 0 Å². The molecule has 25 heavy (non-hydrogen) atoms. The standard InChI is InChI=1S/C20H20N4O/c25-20(17-9-5-2-6-10-17)22-24-19-15-23(14-18(19)13-21-24)12-11-16-7-3-1-4-8-16/h1-10,13H,11-12,14-15H2,(H,22,25). The molecule has 0 atom stereocenters. The number of amides is 1. The predicted molar refractivity (Wildman–Crippen MR) is 96.6 cm³/mol. The maximum absolute atomic E-state index is 12.3. The molecular formula is C20H20N4O. The van der Waals surface area contributed by atoms with Crippen LogP contribution < -0.4 is 5.43 Å². The molecule has 0 aliphatic carbocycles. The first kappa shape index (κ1) is 15.6. The van der Waals surface area contributed by atoms with E-state index in [4.69, 9.17) is 0 Å². The molecule has 1 amide bonds. The van der Waals surface area contributed by atoms with Crippen molar-refractivity contribution in [3.63, 3.8) is 0 Å². The molecule has 0 fully saturated rings. The first-order valence-corrected chi connectivity index (χ1v) is 8.48. The van der Waals surface area contributed by atoms with Gasteiger partial charge in [-0.15, -0.1) is 0 Å². The molecule has 5 heteroatoms. The fourth-order valence-corrected chi connectivity index (χ4v) is 3.15. The highest BCUT2D eigenvalue weighted by molar-refractivity contribution is 5.99. The lowest BCUT2D eigenvalue weighted by Crippen LogP contribution is -2.27. The number of hydrogen-bond donors (Lipinski definition) is 1. The van der Waals surface area contributed by atoms with E-state index in [-0.39, 0.29) is 5.91 Å². The Labute approximate surface area is 146 Å². The van der Waals surface area contributed by atoms with Crippen molar-refractivity contribution in [2.75, 3.05) is 12.0 Å². The first-order valence-electron chi connectivity index (χ1n) is 8.48. The Morgan fingerprint density at radius 1 is 1.00 bits per heavy atom. The van der Waals surface area contributed by atoms with Crippen LogP contribution in [0.4, 0.5) is 0 Å². The third kappa shape index (κ3) is 3.46. The fourth-order valence-electron chi connectivity index (χ4n) is 3.15. The molecule has 1 aromatic heterocycles. The van der Waals surface area contributed by atoms with Crippen molar-refractivity contribution in [3.8, 4) is 0 Å². The summed E-state index contributed by atoms with van der Waals surface area (Å²) in [5.74, 6) is -0.144. The number of nitrogens with one attached hydrogen (secondary N) is 1. The molecule has 1 aliphatic rings. The number of carbonyl (C=O) groups excluding carboxylic acids is 1. The van der Waals surface area contributed by atoms with Crippen LogP contribution in [-0.4, -0.2) is 27.2 Å². The van der Waals surface area contributed by atoms with Gasteiger partial charge in [-0.2, -0.15) is 9.89 Å². The number of aromatic nitrogens is 2. The van der Waals surface area contributed by atoms with Gasteiger partial charge >= 0.3 is 0 Å². The molecule has 1 aliphatic heterocycles. The van der Waals surface area contributed by atoms with E-state index in [1.54, 1.807) is 16.9 Å². The summed E-state index contributed by atoms with van der Waals surface area (Å²) in [7, 11) is 0. The lowest BCUT2D eigenvalue weighted by atomic mass is 10.1. The summed E-state index contributed by atoms with van der Waals surface area (Å²) >= 11 is 0. The Morgan fingerprint density at radius 2 is 1.72 bits per heavy atom. The molecule has 0 bridgehead atoms. The van der Waals surface area contributed by atoms with E-state index in [1.165, 1.54) is 11.1 Å². The van der Waals surface area contributed by atoms with Crippen LogP contribution in [0, 0.1) is 0 Å². The minimum Gasteiger partial charge on any atom is -0.293 e. The van der Waals surface area contributed by atoms with Crippen molar-refractivity contribution in [2.45, 2.75) is 19.5 Å². The smallest absolute Gasteiger partial charge is 0.271 e. The molecule has 2 heterocycles. The predicted octanol–water partition coefficient (Wildman–Crippen LogP) is 2.83. The summed E-state index contributed by atoms with van der Waals surface area (Å²) in [5, 5.41) is 4.31. The van der Waals surface area contributed by atoms with Gasteiger partial charge in [0.1, 0.15) is 0 Å². The summed E-state index contributed by atoms with van der Waals surface area (Å²) in [5.41, 5.74) is 7.10. The highest BCUT2D eigenvalue weighted by atomic mass is 16.2. The summed E-state index contributed by atoms with van der Waals surface area (Å²) in [6.45, 7) is 2.67. The maximum atomic E-state index is 12.3. The van der Waals surface area contributed by atoms with Crippen LogP contribution in [0.2, 0.25) is 0 Å². The molecule has 4 rings (SSSR count). The van der Waals surface area contributed by atoms with Crippen LogP contribution in [-0.2, 0) is 19.5 Å². The fraction of sp³-hybridized carbons (Fsp3) is 0.200. The van der Waals surface area contributed by atoms with Crippen LogP contribution in [0.5, 0.6) is 0 Å². The average molecular weight is 332 g/mol. The zero-order chi connectivity index (χ0) is 17.1. The number of fused-ring (bicyclic) bond motifs is 1. The van der Waals surface area contributed by atoms with Gasteiger partial charge in [0.25, 0.3) is 5.91 Å². The van der Waals surface area contributed by atoms with Gasteiger partial charge in [0, 0.05) is 30.8 Å². The van der Waals surface area contributed by atoms with Crippen LogP contribution >= 0.6 is 0 Å². The monoisotopic (exact) mass is 332 g/mol. The van der Waals surface area contributed by atoms with Gasteiger partial charge in [-0.05, 0) is 24.1 Å². The molecule has 0 saturated carbocycles. The van der Waals surface area contributed by atoms with E-state index in [0.29, 0.717) is 5.56 Å². The SMILES string of the molecule is O=C(Nn1ncc2c1CN(CCc1ccccc1)C2)c1ccccc1. The van der Waals surface area contributed by atoms with Gasteiger partial charge in [0.15, 0.2) is 0 Å². The molecule has 0 radical (unpaired) electrons. The second-order valence-electron chi connectivity index (χ2n) is 6.28. The number of benzene rings is 2. The summed E-state index contributed by atoms with van der Waals surface area (Å²) in [6, 6.07) is 19.7. The highest BCUT2D eigenvalue weighted by Gasteiger charge is 2.24. The van der Waals surface area contributed by atoms with Crippen molar-refractivity contribution in [2.24, 2.45) is 0 Å². The molecule has 3 aromatic rings. The minimum atomic E-state index is -0.144. The largest absolute Gasteiger partial charge is 0.293 e. The van der Waals surface area contributed by atoms with E-state index in [1.807, 2.05) is 30.5 Å². The Morgan fingerprint density at radius 3 is 2.48 bits per heavy atom. The van der Waals surface area contributed by atoms with Gasteiger partial charge in [-0.25, -0.2) is 5.43 Å². The molecule has 1 N–H and O–H groups in total. The second-order valence-corrected chi connectivity index (χ2v) is 6.28. The zero-order valence-electron chi connectivity index (χ0n) is 13.9. The van der Waals surface area contributed by atoms with Crippen molar-refractivity contribution >= 4 is 5.91 Å². The van der Waals surface area contributed by atoms with Gasteiger partial charge in [0.05, 0.1) is 11.9 Å². The van der Waals surface area contributed by atoms with Crippen molar-refractivity contribution in [1.82, 2.24) is 14.8 Å². The van der Waals surface area contributed by atoms with Crippen LogP contribution in [0.1, 0.15) is 27.2 Å². The van der Waals surface area contributed by atoms with E-state index in [2.05, 4.69) is 39.7 Å². The quantitative estimate of drug-likeness (QED) is 0.782. The zero-order valence-corrected chi connectivity index (χ0v) is 13.9. The van der Waals surface area contributed by atoms with Crippen molar-refractivity contribution in [3.05, 3.63) is 89.2 Å². The van der Waals surface area contributed by atoms with Gasteiger partial charge in [0.2, 0.25) is 0 Å². The van der Waals surface area contributed by atoms with Gasteiger partial charge in [-0.3, -0.25) is 9.69 Å². The van der Waals surface area contributed by atoms with E-state index < -0.39 is 0 Å². The molecule has 0 saturated heterocycles. The Kier molecular flexibility index (Phi) is 4.31. The molecular weight excluding hydrogens is 312 g/mol. The lowest BCUT2D eigenvalue weighted by molar-refractivity contribution is 0.100. The van der Waals surface area contributed by atoms with Crippen LogP contribution in [0.25, 0.3) is 0 Å². The highest BCUT2D eigenvalue weighted by Crippen LogP contribution is 2.22. The van der Waals surface area contributed by atoms with Crippen LogP contribution in [0.15, 0.2) is 66.9 Å². The maximum Gasteiger partial charge on any atom is 0.271 e. The summed E-state index contributed by atoms with van der Waals surface area (Å²) < 4.78 is 0. The third-order valence-electron chi connectivity index (χ3n) is 4.53. The summed E-state index contributed by atoms with van der Waals surface area (Å²) in [4.78, 5) is 16.3. The number of rotatable bonds is 5. The molecule has 5 nitrogen and oxygen atoms in total. The van der Waals surface area contributed by atoms with E-state index in [0.717, 1.165) is 31.7 Å². The molecule has 2 aromatic carbocycles. The second kappa shape index (κ2) is 6.91.